The van der Waals surface area contributed by atoms with Gasteiger partial charge in [-0.1, -0.05) is 70.5 Å². The van der Waals surface area contributed by atoms with Crippen LogP contribution in [0.3, 0.4) is 0 Å². The molecule has 16 N–H and O–H groups in total. The smallest absolute Gasteiger partial charge is 0.335 e. The molecule has 2 bridgehead atoms. The molecule has 2 aromatic carbocycles. The predicted octanol–water partition coefficient (Wildman–Crippen LogP) is 0.176. The number of carbonyl (C=O) groups excluding carboxylic acids is 6. The molecule has 25 heteroatoms. The largest absolute Gasteiger partial charge is 0.504 e. The summed E-state index contributed by atoms with van der Waals surface area (Å²) in [6, 6.07) is 5.42. The summed E-state index contributed by atoms with van der Waals surface area (Å²) in [6.07, 6.45) is 2.09. The van der Waals surface area contributed by atoms with E-state index in [1.54, 1.807) is 37.3 Å². The van der Waals surface area contributed by atoms with Crippen LogP contribution in [-0.4, -0.2) is 150 Å². The Balaban J connectivity index is 0.0000109. The Bertz CT molecular complexity index is 2530. The average Bonchev–Trinajstić information content (AvgIpc) is 3.76. The maximum atomic E-state index is 14.5. The molecule has 0 aromatic heterocycles. The lowest BCUT2D eigenvalue weighted by Crippen LogP contribution is -2.76. The monoisotopic (exact) mass is 1090 g/mol. The highest BCUT2D eigenvalue weighted by Crippen LogP contribution is 2.64. The van der Waals surface area contributed by atoms with E-state index < -0.39 is 83.0 Å². The van der Waals surface area contributed by atoms with E-state index in [9.17, 15) is 39.0 Å². The number of carbonyl (C=O) groups is 6. The Morgan fingerprint density at radius 3 is 1.99 bits per heavy atom. The zero-order valence-corrected chi connectivity index (χ0v) is 45.6. The maximum Gasteiger partial charge on any atom is 0.335 e. The first-order chi connectivity index (χ1) is 36.1. The van der Waals surface area contributed by atoms with Crippen molar-refractivity contribution in [3.8, 4) is 11.5 Å². The van der Waals surface area contributed by atoms with Gasteiger partial charge in [-0.3, -0.25) is 29.2 Å². The molecule has 0 radical (unpaired) electrons. The SMILES string of the molecule is CC[C@H](C)[C@H](NC(=O)[C@H](CCCN=C(N)N)NC(=O)[C@H](CCCN=C(N)N)NC(=O)[C@H](CC(C)C)NC(=O)[C@H](Cc1ccccc1)NC(=O)N/N=C1/CC[C@@]2(O)[C@H]3Cc4ccc(O)c5c4[C@@]2(CCN3C)[C@H]1O5)C(=O)OC.Cl. The second-order valence-electron chi connectivity index (χ2n) is 20.8. The minimum Gasteiger partial charge on any atom is -0.504 e. The van der Waals surface area contributed by atoms with Gasteiger partial charge in [0.15, 0.2) is 29.5 Å². The summed E-state index contributed by atoms with van der Waals surface area (Å²) in [4.78, 5) is 94.0. The fourth-order valence-electron chi connectivity index (χ4n) is 11.2. The number of hydrogen-bond donors (Lipinski definition) is 12. The van der Waals surface area contributed by atoms with Crippen molar-refractivity contribution < 1.29 is 48.5 Å². The summed E-state index contributed by atoms with van der Waals surface area (Å²) in [5, 5.41) is 41.9. The van der Waals surface area contributed by atoms with Crippen LogP contribution in [0, 0.1) is 11.8 Å². The van der Waals surface area contributed by atoms with Gasteiger partial charge < -0.3 is 74.1 Å². The van der Waals surface area contributed by atoms with Crippen LogP contribution in [0.2, 0.25) is 0 Å². The zero-order valence-electron chi connectivity index (χ0n) is 44.8. The van der Waals surface area contributed by atoms with Crippen molar-refractivity contribution in [1.82, 2.24) is 36.9 Å². The molecule has 77 heavy (non-hydrogen) atoms. The molecule has 424 valence electrons. The lowest BCUT2D eigenvalue weighted by molar-refractivity contribution is -0.160. The molecule has 2 heterocycles. The molecular weight excluding hydrogens is 1020 g/mol. The molecule has 6 amide bonds. The summed E-state index contributed by atoms with van der Waals surface area (Å²) in [6.45, 7) is 8.22. The molecule has 1 spiro atoms. The van der Waals surface area contributed by atoms with Crippen molar-refractivity contribution in [2.24, 2.45) is 49.9 Å². The number of benzene rings is 2. The molecule has 24 nitrogen and oxygen atoms in total. The molecule has 2 aliphatic heterocycles. The van der Waals surface area contributed by atoms with Gasteiger partial charge >= 0.3 is 12.0 Å². The first kappa shape index (κ1) is 60.9. The molecule has 1 saturated heterocycles. The van der Waals surface area contributed by atoms with Crippen molar-refractivity contribution >= 4 is 65.7 Å². The van der Waals surface area contributed by atoms with Crippen LogP contribution in [-0.2, 0) is 47.0 Å². The number of likely N-dealkylation sites (N-methyl/N-ethyl adjacent to an activating group) is 1. The van der Waals surface area contributed by atoms with E-state index in [1.807, 2.05) is 40.0 Å². The first-order valence-electron chi connectivity index (χ1n) is 26.1. The van der Waals surface area contributed by atoms with Crippen molar-refractivity contribution in [2.45, 2.75) is 152 Å². The molecule has 2 aromatic rings. The van der Waals surface area contributed by atoms with E-state index in [0.717, 1.165) is 11.1 Å². The Hall–Kier alpha value is -6.92. The number of likely N-dealkylation sites (tertiary alicyclic amines) is 1. The van der Waals surface area contributed by atoms with Crippen LogP contribution in [0.25, 0.3) is 0 Å². The van der Waals surface area contributed by atoms with Gasteiger partial charge in [-0.05, 0) is 100 Å². The number of rotatable bonds is 25. The highest BCUT2D eigenvalue weighted by Gasteiger charge is 2.72. The zero-order chi connectivity index (χ0) is 55.5. The van der Waals surface area contributed by atoms with Gasteiger partial charge in [0, 0.05) is 31.1 Å². The number of phenols is 1. The summed E-state index contributed by atoms with van der Waals surface area (Å²) in [7, 11) is 3.21. The van der Waals surface area contributed by atoms with Crippen LogP contribution in [0.5, 0.6) is 11.5 Å². The minimum atomic E-state index is -1.29. The van der Waals surface area contributed by atoms with Gasteiger partial charge in [-0.25, -0.2) is 15.0 Å². The fourth-order valence-corrected chi connectivity index (χ4v) is 11.2. The Labute approximate surface area is 455 Å². The standard InChI is InChI=1S/C52H78N14O10.ClH/c1-7-29(4)40(47(72)75-6)63-44(69)34(16-12-23-58-49(55)56)59-43(68)33(15-11-22-57-48(53)54)60-45(70)35(25-28(2)3)61-46(71)36(26-30-13-9-8-10-14-30)62-50(73)65-64-32-19-20-52(74)38-27-31-17-18-37(67)41-39(31)51(52,42(32)76-41)21-24-66(38)5;/h8-10,13-14,17-18,28-29,33-36,38,40,42,67,74H,7,11-12,15-16,19-27H2,1-6H3,(H,59,68)(H,60,70)(H,61,71)(H,63,69)(H4,53,54,57)(H4,55,56,58)(H2,62,65,73);1H/b64-32-;/t29-,33-,34-,35-,36-,38+,40-,42-,51-,52+;/m0./s1. The molecule has 2 aliphatic carbocycles. The number of aliphatic hydroxyl groups is 1. The second kappa shape index (κ2) is 26.9. The van der Waals surface area contributed by atoms with E-state index in [0.29, 0.717) is 49.3 Å². The number of esters is 1. The molecule has 2 fully saturated rings. The van der Waals surface area contributed by atoms with Crippen LogP contribution in [0.15, 0.2) is 57.6 Å². The van der Waals surface area contributed by atoms with Crippen molar-refractivity contribution in [1.29, 1.82) is 0 Å². The molecule has 6 rings (SSSR count). The summed E-state index contributed by atoms with van der Waals surface area (Å²) in [5.74, 6) is -4.08. The lowest BCUT2D eigenvalue weighted by atomic mass is 9.49. The van der Waals surface area contributed by atoms with Gasteiger partial charge in [0.1, 0.15) is 30.2 Å². The fraction of sp³-hybridized carbons (Fsp3) is 0.596. The van der Waals surface area contributed by atoms with E-state index in [1.165, 1.54) is 7.11 Å². The van der Waals surface area contributed by atoms with Gasteiger partial charge in [0.25, 0.3) is 0 Å². The van der Waals surface area contributed by atoms with Gasteiger partial charge in [0.05, 0.1) is 23.8 Å². The highest BCUT2D eigenvalue weighted by atomic mass is 35.5. The third-order valence-corrected chi connectivity index (χ3v) is 15.2. The molecule has 4 aliphatic rings. The number of hydrogen-bond acceptors (Lipinski definition) is 14. The van der Waals surface area contributed by atoms with Gasteiger partial charge in [-0.15, -0.1) is 12.4 Å². The quantitative estimate of drug-likeness (QED) is 0.0207. The first-order valence-corrected chi connectivity index (χ1v) is 26.1. The van der Waals surface area contributed by atoms with E-state index in [4.69, 9.17) is 32.4 Å². The number of nitrogens with one attached hydrogen (secondary N) is 6. The lowest BCUT2D eigenvalue weighted by Gasteiger charge is -2.62. The topological polar surface area (TPSA) is 378 Å². The van der Waals surface area contributed by atoms with Gasteiger partial charge in [-0.2, -0.15) is 5.10 Å². The van der Waals surface area contributed by atoms with Gasteiger partial charge in [0.2, 0.25) is 23.6 Å². The number of aromatic hydroxyl groups is 1. The molecule has 1 saturated carbocycles. The normalized spacial score (nSPS) is 22.6. The number of piperidine rings is 1. The van der Waals surface area contributed by atoms with Crippen LogP contribution in [0.4, 0.5) is 4.79 Å². The number of nitrogens with two attached hydrogens (primary N) is 4. The van der Waals surface area contributed by atoms with E-state index >= 15 is 0 Å². The third kappa shape index (κ3) is 14.2. The van der Waals surface area contributed by atoms with Crippen molar-refractivity contribution in [2.75, 3.05) is 33.8 Å². The van der Waals surface area contributed by atoms with Crippen LogP contribution < -0.4 is 59.7 Å². The maximum absolute atomic E-state index is 14.5. The second-order valence-corrected chi connectivity index (χ2v) is 20.8. The number of aliphatic imine (C=N–C) groups is 2. The summed E-state index contributed by atoms with van der Waals surface area (Å²) in [5.41, 5.74) is 25.6. The predicted molar refractivity (Wildman–Crippen MR) is 292 cm³/mol. The van der Waals surface area contributed by atoms with Crippen LogP contribution >= 0.6 is 12.4 Å². The number of nitrogens with zero attached hydrogens (tertiary/aromatic N) is 4. The number of halogens is 1. The van der Waals surface area contributed by atoms with E-state index in [-0.39, 0.29) is 106 Å². The highest BCUT2D eigenvalue weighted by molar-refractivity contribution is 5.97. The van der Waals surface area contributed by atoms with Crippen molar-refractivity contribution in [3.05, 3.63) is 59.2 Å². The molecule has 10 atom stereocenters. The number of urea groups is 1. The Kier molecular flexibility index (Phi) is 21.3. The summed E-state index contributed by atoms with van der Waals surface area (Å²) >= 11 is 0. The Morgan fingerprint density at radius 2 is 1.40 bits per heavy atom. The van der Waals surface area contributed by atoms with Crippen LogP contribution in [0.1, 0.15) is 102 Å². The van der Waals surface area contributed by atoms with Crippen molar-refractivity contribution in [3.63, 3.8) is 0 Å². The number of ether oxygens (including phenoxy) is 2. The number of methoxy groups -OCH3 is 1. The molecular formula is C52H79ClN14O10. The number of phenolic OH excluding ortho intramolecular Hbond substituents is 1. The average molecular weight is 1100 g/mol. The summed E-state index contributed by atoms with van der Waals surface area (Å²) < 4.78 is 11.5. The third-order valence-electron chi connectivity index (χ3n) is 15.2. The van der Waals surface area contributed by atoms with E-state index in [2.05, 4.69) is 52.0 Å². The number of amides is 6. The molecule has 0 unspecified atom stereocenters. The number of hydrazone groups is 1. The minimum absolute atomic E-state index is 0. The Morgan fingerprint density at radius 1 is 0.818 bits per heavy atom. The number of guanidine groups is 2.